The lowest BCUT2D eigenvalue weighted by Gasteiger charge is -2.02. The van der Waals surface area contributed by atoms with E-state index in [1.54, 1.807) is 0 Å². The van der Waals surface area contributed by atoms with Gasteiger partial charge in [-0.25, -0.2) is 0 Å². The first-order chi connectivity index (χ1) is 6.06. The van der Waals surface area contributed by atoms with Crippen molar-refractivity contribution < 1.29 is 4.92 Å². The van der Waals surface area contributed by atoms with Crippen LogP contribution in [0.1, 0.15) is 5.56 Å². The summed E-state index contributed by atoms with van der Waals surface area (Å²) < 4.78 is 0. The van der Waals surface area contributed by atoms with Crippen molar-refractivity contribution in [1.29, 1.82) is 0 Å². The molecular weight excluding hydrogens is 236 g/mol. The molecule has 0 amide bonds. The highest BCUT2D eigenvalue weighted by Crippen LogP contribution is 2.30. The molecule has 0 atom stereocenters. The third-order valence-electron chi connectivity index (χ3n) is 1.47. The van der Waals surface area contributed by atoms with Crippen LogP contribution in [-0.2, 0) is 5.88 Å². The molecule has 1 aromatic rings. The Morgan fingerprint density at radius 1 is 1.31 bits per heavy atom. The quantitative estimate of drug-likeness (QED) is 0.450. The number of nitro benzene ring substituents is 1. The zero-order valence-electron chi connectivity index (χ0n) is 6.26. The summed E-state index contributed by atoms with van der Waals surface area (Å²) in [5.41, 5.74) is 0.375. The second kappa shape index (κ2) is 4.13. The first-order valence-corrected chi connectivity index (χ1v) is 4.53. The van der Waals surface area contributed by atoms with Gasteiger partial charge in [0.1, 0.15) is 0 Å². The molecule has 0 saturated heterocycles. The van der Waals surface area contributed by atoms with E-state index in [1.165, 1.54) is 12.1 Å². The first-order valence-electron chi connectivity index (χ1n) is 3.24. The molecule has 0 saturated carbocycles. The second-order valence-electron chi connectivity index (χ2n) is 2.28. The van der Waals surface area contributed by atoms with Gasteiger partial charge in [-0.2, -0.15) is 0 Å². The summed E-state index contributed by atoms with van der Waals surface area (Å²) in [5.74, 6) is 0.135. The maximum absolute atomic E-state index is 10.4. The summed E-state index contributed by atoms with van der Waals surface area (Å²) in [6.45, 7) is 0. The number of hydrogen-bond acceptors (Lipinski definition) is 2. The van der Waals surface area contributed by atoms with E-state index in [1.807, 2.05) is 0 Å². The predicted octanol–water partition coefficient (Wildman–Crippen LogP) is 3.64. The molecular formula is C7H4Cl3NO2. The highest BCUT2D eigenvalue weighted by Gasteiger charge is 2.13. The minimum Gasteiger partial charge on any atom is -0.258 e. The van der Waals surface area contributed by atoms with E-state index in [0.29, 0.717) is 5.56 Å². The van der Waals surface area contributed by atoms with Crippen molar-refractivity contribution in [3.63, 3.8) is 0 Å². The van der Waals surface area contributed by atoms with E-state index in [9.17, 15) is 10.1 Å². The van der Waals surface area contributed by atoms with Crippen LogP contribution in [-0.4, -0.2) is 4.92 Å². The molecule has 0 aliphatic rings. The number of halogens is 3. The lowest BCUT2D eigenvalue weighted by atomic mass is 10.2. The number of benzene rings is 1. The van der Waals surface area contributed by atoms with Crippen LogP contribution in [0.4, 0.5) is 5.69 Å². The van der Waals surface area contributed by atoms with Crippen molar-refractivity contribution in [3.8, 4) is 0 Å². The molecule has 0 spiro atoms. The Hall–Kier alpha value is -0.510. The summed E-state index contributed by atoms with van der Waals surface area (Å²) in [6.07, 6.45) is 0. The van der Waals surface area contributed by atoms with Gasteiger partial charge in [0.25, 0.3) is 5.69 Å². The molecule has 6 heteroatoms. The number of alkyl halides is 1. The fourth-order valence-electron chi connectivity index (χ4n) is 0.823. The molecule has 3 nitrogen and oxygen atoms in total. The number of non-ortho nitro benzene ring substituents is 1. The molecule has 0 aromatic heterocycles. The Balaban J connectivity index is 3.28. The lowest BCUT2D eigenvalue weighted by molar-refractivity contribution is -0.384. The van der Waals surface area contributed by atoms with Crippen LogP contribution in [0.3, 0.4) is 0 Å². The Labute approximate surface area is 89.4 Å². The molecule has 1 rings (SSSR count). The van der Waals surface area contributed by atoms with Gasteiger partial charge in [-0.05, 0) is 0 Å². The molecule has 1 aromatic carbocycles. The summed E-state index contributed by atoms with van der Waals surface area (Å²) in [6, 6.07) is 2.45. The SMILES string of the molecule is O=[N+]([O-])c1cc(Cl)c(CCl)c(Cl)c1. The molecule has 0 aliphatic carbocycles. The standard InChI is InChI=1S/C7H4Cl3NO2/c8-3-5-6(9)1-4(11(12)13)2-7(5)10/h1-2H,3H2. The molecule has 0 unspecified atom stereocenters. The van der Waals surface area contributed by atoms with Gasteiger partial charge in [0, 0.05) is 17.7 Å². The van der Waals surface area contributed by atoms with Crippen LogP contribution in [0.25, 0.3) is 0 Å². The third kappa shape index (κ3) is 2.24. The van der Waals surface area contributed by atoms with E-state index in [2.05, 4.69) is 0 Å². The Morgan fingerprint density at radius 2 is 1.77 bits per heavy atom. The lowest BCUT2D eigenvalue weighted by Crippen LogP contribution is -1.90. The van der Waals surface area contributed by atoms with Gasteiger partial charge in [0.05, 0.1) is 20.8 Å². The number of nitrogens with zero attached hydrogens (tertiary/aromatic N) is 1. The van der Waals surface area contributed by atoms with Gasteiger partial charge in [-0.1, -0.05) is 23.2 Å². The molecule has 0 fully saturated rings. The van der Waals surface area contributed by atoms with Gasteiger partial charge >= 0.3 is 0 Å². The van der Waals surface area contributed by atoms with E-state index in [0.717, 1.165) is 0 Å². The van der Waals surface area contributed by atoms with Crippen LogP contribution >= 0.6 is 34.8 Å². The minimum absolute atomic E-state index is 0.135. The second-order valence-corrected chi connectivity index (χ2v) is 3.36. The number of nitro groups is 1. The highest BCUT2D eigenvalue weighted by atomic mass is 35.5. The van der Waals surface area contributed by atoms with Gasteiger partial charge in [-0.3, -0.25) is 10.1 Å². The van der Waals surface area contributed by atoms with E-state index in [-0.39, 0.29) is 21.6 Å². The Kier molecular flexibility index (Phi) is 3.36. The van der Waals surface area contributed by atoms with Crippen molar-refractivity contribution in [1.82, 2.24) is 0 Å². The maximum atomic E-state index is 10.4. The number of rotatable bonds is 2. The van der Waals surface area contributed by atoms with Crippen molar-refractivity contribution in [3.05, 3.63) is 37.9 Å². The minimum atomic E-state index is -0.560. The molecule has 13 heavy (non-hydrogen) atoms. The van der Waals surface area contributed by atoms with Crippen LogP contribution in [0.5, 0.6) is 0 Å². The van der Waals surface area contributed by atoms with Crippen LogP contribution in [0, 0.1) is 10.1 Å². The maximum Gasteiger partial charge on any atom is 0.272 e. The largest absolute Gasteiger partial charge is 0.272 e. The summed E-state index contributed by atoms with van der Waals surface area (Å²) in [4.78, 5) is 9.80. The smallest absolute Gasteiger partial charge is 0.258 e. The monoisotopic (exact) mass is 239 g/mol. The molecule has 0 aliphatic heterocycles. The van der Waals surface area contributed by atoms with Crippen LogP contribution < -0.4 is 0 Å². The molecule has 0 heterocycles. The fraction of sp³-hybridized carbons (Fsp3) is 0.143. The summed E-state index contributed by atoms with van der Waals surface area (Å²) >= 11 is 16.9. The average Bonchev–Trinajstić information content (AvgIpc) is 2.03. The fourth-order valence-corrected chi connectivity index (χ4v) is 1.86. The summed E-state index contributed by atoms with van der Waals surface area (Å²) in [7, 11) is 0. The predicted molar refractivity (Wildman–Crippen MR) is 52.7 cm³/mol. The Bertz CT molecular complexity index is 331. The van der Waals surface area contributed by atoms with E-state index >= 15 is 0 Å². The van der Waals surface area contributed by atoms with E-state index < -0.39 is 4.92 Å². The zero-order valence-corrected chi connectivity index (χ0v) is 8.53. The first kappa shape index (κ1) is 10.6. The van der Waals surface area contributed by atoms with Crippen molar-refractivity contribution in [2.75, 3.05) is 0 Å². The molecule has 0 bridgehead atoms. The normalized spacial score (nSPS) is 10.1. The van der Waals surface area contributed by atoms with Crippen molar-refractivity contribution in [2.24, 2.45) is 0 Å². The number of hydrogen-bond donors (Lipinski definition) is 0. The third-order valence-corrected chi connectivity index (χ3v) is 2.41. The van der Waals surface area contributed by atoms with Crippen molar-refractivity contribution >= 4 is 40.5 Å². The topological polar surface area (TPSA) is 43.1 Å². The zero-order chi connectivity index (χ0) is 10.0. The average molecular weight is 240 g/mol. The Morgan fingerprint density at radius 3 is 2.08 bits per heavy atom. The van der Waals surface area contributed by atoms with Gasteiger partial charge in [-0.15, -0.1) is 11.6 Å². The van der Waals surface area contributed by atoms with Crippen LogP contribution in [0.2, 0.25) is 10.0 Å². The van der Waals surface area contributed by atoms with Crippen molar-refractivity contribution in [2.45, 2.75) is 5.88 Å². The molecule has 0 radical (unpaired) electrons. The van der Waals surface area contributed by atoms with Gasteiger partial charge in [0.2, 0.25) is 0 Å². The molecule has 70 valence electrons. The molecule has 0 N–H and O–H groups in total. The van der Waals surface area contributed by atoms with Gasteiger partial charge in [0.15, 0.2) is 0 Å². The van der Waals surface area contributed by atoms with E-state index in [4.69, 9.17) is 34.8 Å². The summed E-state index contributed by atoms with van der Waals surface area (Å²) in [5, 5.41) is 10.8. The van der Waals surface area contributed by atoms with Gasteiger partial charge < -0.3 is 0 Å². The van der Waals surface area contributed by atoms with Crippen LogP contribution in [0.15, 0.2) is 12.1 Å². The highest BCUT2D eigenvalue weighted by molar-refractivity contribution is 6.37.